The van der Waals surface area contributed by atoms with Crippen LogP contribution in [0.4, 0.5) is 5.69 Å². The molecular formula is C29H35N3O4S. The maximum absolute atomic E-state index is 13.6. The second-order valence-corrected chi connectivity index (χ2v) is 11.7. The van der Waals surface area contributed by atoms with Gasteiger partial charge < -0.3 is 9.84 Å². The van der Waals surface area contributed by atoms with E-state index in [9.17, 15) is 13.2 Å². The fourth-order valence-electron chi connectivity index (χ4n) is 4.97. The topological polar surface area (TPSA) is 92.5 Å². The number of hydrogen-bond donors (Lipinski definition) is 1. The quantitative estimate of drug-likeness (QED) is 0.432. The van der Waals surface area contributed by atoms with Gasteiger partial charge in [-0.25, -0.2) is 8.42 Å². The van der Waals surface area contributed by atoms with E-state index >= 15 is 0 Å². The highest BCUT2D eigenvalue weighted by Crippen LogP contribution is 2.30. The van der Waals surface area contributed by atoms with Crippen LogP contribution < -0.4 is 5.32 Å². The van der Waals surface area contributed by atoms with Gasteiger partial charge in [0.15, 0.2) is 10.7 Å². The Kier molecular flexibility index (Phi) is 7.99. The van der Waals surface area contributed by atoms with Gasteiger partial charge in [-0.15, -0.1) is 0 Å². The van der Waals surface area contributed by atoms with E-state index in [1.54, 1.807) is 13.0 Å². The molecule has 8 heteroatoms. The molecule has 1 fully saturated rings. The van der Waals surface area contributed by atoms with E-state index in [4.69, 9.17) is 4.52 Å². The third-order valence-electron chi connectivity index (χ3n) is 7.03. The molecule has 0 spiro atoms. The van der Waals surface area contributed by atoms with Crippen molar-refractivity contribution in [1.82, 2.24) is 9.46 Å². The number of carbonyl (C=O) groups is 1. The van der Waals surface area contributed by atoms with Crippen molar-refractivity contribution in [2.24, 2.45) is 5.92 Å². The zero-order chi connectivity index (χ0) is 26.7. The summed E-state index contributed by atoms with van der Waals surface area (Å²) in [6.07, 6.45) is 5.41. The zero-order valence-corrected chi connectivity index (χ0v) is 23.0. The zero-order valence-electron chi connectivity index (χ0n) is 22.2. The number of anilines is 1. The second-order valence-electron chi connectivity index (χ2n) is 9.83. The van der Waals surface area contributed by atoms with Crippen LogP contribution in [0, 0.1) is 33.6 Å². The molecule has 196 valence electrons. The van der Waals surface area contributed by atoms with Crippen LogP contribution in [0.25, 0.3) is 12.2 Å². The lowest BCUT2D eigenvalue weighted by Gasteiger charge is -2.30. The molecule has 2 heterocycles. The number of sulfonamides is 1. The van der Waals surface area contributed by atoms with Gasteiger partial charge in [-0.05, 0) is 87.4 Å². The average Bonchev–Trinajstić information content (AvgIpc) is 3.25. The van der Waals surface area contributed by atoms with Crippen LogP contribution in [0.2, 0.25) is 0 Å². The number of hydrogen-bond acceptors (Lipinski definition) is 5. The van der Waals surface area contributed by atoms with Crippen LogP contribution >= 0.6 is 0 Å². The van der Waals surface area contributed by atoms with Gasteiger partial charge in [0, 0.05) is 24.7 Å². The Morgan fingerprint density at radius 1 is 1.05 bits per heavy atom. The number of nitrogens with one attached hydrogen (secondary N) is 1. The molecule has 0 bridgehead atoms. The molecule has 0 radical (unpaired) electrons. The Labute approximate surface area is 219 Å². The summed E-state index contributed by atoms with van der Waals surface area (Å²) >= 11 is 0. The van der Waals surface area contributed by atoms with Gasteiger partial charge in [0.1, 0.15) is 5.69 Å². The second kappa shape index (κ2) is 11.0. The molecule has 0 unspecified atom stereocenters. The largest absolute Gasteiger partial charge is 0.355 e. The first-order valence-electron chi connectivity index (χ1n) is 12.7. The first kappa shape index (κ1) is 26.8. The lowest BCUT2D eigenvalue weighted by Crippen LogP contribution is -2.41. The number of piperidine rings is 1. The van der Waals surface area contributed by atoms with Crippen molar-refractivity contribution in [1.29, 1.82) is 0 Å². The molecule has 1 amide bonds. The highest BCUT2D eigenvalue weighted by atomic mass is 32.2. The van der Waals surface area contributed by atoms with Gasteiger partial charge in [0.25, 0.3) is 0 Å². The number of aryl methyl sites for hydroxylation is 5. The van der Waals surface area contributed by atoms with Crippen LogP contribution in [0.15, 0.2) is 45.8 Å². The van der Waals surface area contributed by atoms with Crippen molar-refractivity contribution in [2.45, 2.75) is 58.8 Å². The SMILES string of the molecule is CCc1ccc(NC(=O)C2CCN(S(=O)(=O)c3c(C)noc3C=Cc3c(C)cc(C)cc3C)CC2)cc1. The van der Waals surface area contributed by atoms with E-state index in [2.05, 4.69) is 36.5 Å². The Balaban J connectivity index is 1.46. The molecule has 7 nitrogen and oxygen atoms in total. The fraction of sp³-hybridized carbons (Fsp3) is 0.379. The minimum Gasteiger partial charge on any atom is -0.355 e. The molecule has 0 saturated carbocycles. The van der Waals surface area contributed by atoms with Crippen molar-refractivity contribution in [3.05, 3.63) is 75.7 Å². The van der Waals surface area contributed by atoms with Crippen molar-refractivity contribution in [3.63, 3.8) is 0 Å². The summed E-state index contributed by atoms with van der Waals surface area (Å²) in [5, 5.41) is 6.92. The predicted molar refractivity (Wildman–Crippen MR) is 147 cm³/mol. The first-order valence-corrected chi connectivity index (χ1v) is 14.2. The molecular weight excluding hydrogens is 486 g/mol. The summed E-state index contributed by atoms with van der Waals surface area (Å²) in [7, 11) is -3.83. The number of rotatable bonds is 7. The smallest absolute Gasteiger partial charge is 0.248 e. The van der Waals surface area contributed by atoms with Crippen LogP contribution in [0.5, 0.6) is 0 Å². The monoisotopic (exact) mass is 521 g/mol. The Bertz CT molecular complexity index is 1390. The summed E-state index contributed by atoms with van der Waals surface area (Å²) in [5.74, 6) is -0.102. The lowest BCUT2D eigenvalue weighted by atomic mass is 9.97. The molecule has 1 N–H and O–H groups in total. The maximum atomic E-state index is 13.6. The van der Waals surface area contributed by atoms with E-state index in [1.165, 1.54) is 15.4 Å². The molecule has 0 aliphatic carbocycles. The Hall–Kier alpha value is -3.23. The number of amides is 1. The van der Waals surface area contributed by atoms with Crippen LogP contribution in [-0.2, 0) is 21.2 Å². The summed E-state index contributed by atoms with van der Waals surface area (Å²) in [5.41, 5.74) is 6.71. The summed E-state index contributed by atoms with van der Waals surface area (Å²) in [6.45, 7) is 10.4. The maximum Gasteiger partial charge on any atom is 0.248 e. The normalized spacial score (nSPS) is 15.4. The average molecular weight is 522 g/mol. The third kappa shape index (κ3) is 5.86. The number of benzene rings is 2. The molecule has 2 aromatic carbocycles. The summed E-state index contributed by atoms with van der Waals surface area (Å²) in [4.78, 5) is 12.9. The van der Waals surface area contributed by atoms with Crippen molar-refractivity contribution < 1.29 is 17.7 Å². The minimum atomic E-state index is -3.83. The van der Waals surface area contributed by atoms with Crippen molar-refractivity contribution in [3.8, 4) is 0 Å². The van der Waals surface area contributed by atoms with Crippen LogP contribution in [0.3, 0.4) is 0 Å². The summed E-state index contributed by atoms with van der Waals surface area (Å²) in [6, 6.07) is 12.0. The Morgan fingerprint density at radius 3 is 2.27 bits per heavy atom. The molecule has 37 heavy (non-hydrogen) atoms. The molecule has 3 aromatic rings. The van der Waals surface area contributed by atoms with E-state index in [1.807, 2.05) is 44.2 Å². The van der Waals surface area contributed by atoms with Crippen LogP contribution in [0.1, 0.15) is 59.0 Å². The standard InChI is InChI=1S/C29H35N3O4S/c1-6-23-7-9-25(10-8-23)30-29(33)24-13-15-32(16-14-24)37(34,35)28-22(5)31-36-27(28)12-11-26-20(3)17-19(2)18-21(26)4/h7-12,17-18,24H,6,13-16H2,1-5H3,(H,30,33). The molecule has 1 aromatic heterocycles. The Morgan fingerprint density at radius 2 is 1.68 bits per heavy atom. The van der Waals surface area contributed by atoms with Crippen molar-refractivity contribution >= 4 is 33.8 Å². The van der Waals surface area contributed by atoms with Gasteiger partial charge in [-0.3, -0.25) is 4.79 Å². The lowest BCUT2D eigenvalue weighted by molar-refractivity contribution is -0.120. The highest BCUT2D eigenvalue weighted by Gasteiger charge is 2.36. The molecule has 1 saturated heterocycles. The molecule has 1 aliphatic heterocycles. The third-order valence-corrected chi connectivity index (χ3v) is 9.08. The van der Waals surface area contributed by atoms with Crippen LogP contribution in [-0.4, -0.2) is 36.9 Å². The van der Waals surface area contributed by atoms with Crippen molar-refractivity contribution in [2.75, 3.05) is 18.4 Å². The first-order chi connectivity index (χ1) is 17.6. The number of carbonyl (C=O) groups excluding carboxylic acids is 1. The fourth-order valence-corrected chi connectivity index (χ4v) is 6.69. The van der Waals surface area contributed by atoms with E-state index in [0.717, 1.165) is 28.8 Å². The number of aromatic nitrogens is 1. The van der Waals surface area contributed by atoms with E-state index in [-0.39, 0.29) is 35.6 Å². The van der Waals surface area contributed by atoms with E-state index in [0.29, 0.717) is 18.5 Å². The van der Waals surface area contributed by atoms with Gasteiger partial charge in [0.2, 0.25) is 15.9 Å². The van der Waals surface area contributed by atoms with Gasteiger partial charge in [0.05, 0.1) is 0 Å². The van der Waals surface area contributed by atoms with Gasteiger partial charge in [-0.2, -0.15) is 4.31 Å². The molecule has 0 atom stereocenters. The summed E-state index contributed by atoms with van der Waals surface area (Å²) < 4.78 is 34.1. The predicted octanol–water partition coefficient (Wildman–Crippen LogP) is 5.68. The molecule has 4 rings (SSSR count). The van der Waals surface area contributed by atoms with Gasteiger partial charge >= 0.3 is 0 Å². The van der Waals surface area contributed by atoms with Gasteiger partial charge in [-0.1, -0.05) is 48.0 Å². The highest BCUT2D eigenvalue weighted by molar-refractivity contribution is 7.89. The van der Waals surface area contributed by atoms with E-state index < -0.39 is 10.0 Å². The number of nitrogens with zero attached hydrogens (tertiary/aromatic N) is 2. The molecule has 1 aliphatic rings. The minimum absolute atomic E-state index is 0.0742.